The Hall–Kier alpha value is -2.38. The fourth-order valence-electron chi connectivity index (χ4n) is 4.35. The third kappa shape index (κ3) is 4.68. The van der Waals surface area contributed by atoms with Crippen LogP contribution in [0, 0.1) is 17.5 Å². The molecular weight excluding hydrogens is 393 g/mol. The number of nitrogens with zero attached hydrogens (tertiary/aromatic N) is 1. The Kier molecular flexibility index (Phi) is 6.11. The van der Waals surface area contributed by atoms with Crippen molar-refractivity contribution in [2.45, 2.75) is 43.9 Å². The van der Waals surface area contributed by atoms with Crippen molar-refractivity contribution in [2.24, 2.45) is 0 Å². The molecule has 0 radical (unpaired) electrons. The molecule has 2 aliphatic rings. The maximum atomic E-state index is 13.8. The van der Waals surface area contributed by atoms with Crippen LogP contribution in [0.25, 0.3) is 0 Å². The molecule has 7 heteroatoms. The number of amides is 1. The summed E-state index contributed by atoms with van der Waals surface area (Å²) in [6.07, 6.45) is 3.42. The van der Waals surface area contributed by atoms with Crippen molar-refractivity contribution in [3.8, 4) is 0 Å². The predicted octanol–water partition coefficient (Wildman–Crippen LogP) is 4.05. The van der Waals surface area contributed by atoms with Crippen molar-refractivity contribution in [2.75, 3.05) is 19.6 Å². The highest BCUT2D eigenvalue weighted by atomic mass is 19.2. The molecule has 2 aromatic rings. The maximum absolute atomic E-state index is 13.8. The average molecular weight is 418 g/mol. The van der Waals surface area contributed by atoms with E-state index in [4.69, 9.17) is 4.74 Å². The van der Waals surface area contributed by atoms with E-state index in [9.17, 15) is 18.0 Å². The predicted molar refractivity (Wildman–Crippen MR) is 106 cm³/mol. The van der Waals surface area contributed by atoms with Crippen molar-refractivity contribution >= 4 is 5.91 Å². The van der Waals surface area contributed by atoms with Crippen LogP contribution in [0.15, 0.2) is 42.5 Å². The zero-order chi connectivity index (χ0) is 21.1. The van der Waals surface area contributed by atoms with E-state index in [2.05, 4.69) is 10.2 Å². The fraction of sp³-hybridized carbons (Fsp3) is 0.435. The lowest BCUT2D eigenvalue weighted by Gasteiger charge is -2.39. The lowest BCUT2D eigenvalue weighted by atomic mass is 9.88. The van der Waals surface area contributed by atoms with E-state index in [1.165, 1.54) is 24.3 Å². The Morgan fingerprint density at radius 1 is 1.07 bits per heavy atom. The summed E-state index contributed by atoms with van der Waals surface area (Å²) < 4.78 is 46.4. The van der Waals surface area contributed by atoms with E-state index < -0.39 is 17.5 Å². The Labute approximate surface area is 174 Å². The van der Waals surface area contributed by atoms with Crippen LogP contribution in [-0.4, -0.2) is 42.1 Å². The Morgan fingerprint density at radius 2 is 1.80 bits per heavy atom. The molecule has 2 fully saturated rings. The number of hydrogen-bond donors (Lipinski definition) is 1. The van der Waals surface area contributed by atoms with Crippen LogP contribution < -0.4 is 5.32 Å². The summed E-state index contributed by atoms with van der Waals surface area (Å²) in [6, 6.07) is 10.1. The zero-order valence-electron chi connectivity index (χ0n) is 16.7. The topological polar surface area (TPSA) is 41.6 Å². The summed E-state index contributed by atoms with van der Waals surface area (Å²) in [7, 11) is 0. The molecule has 2 aromatic carbocycles. The average Bonchev–Trinajstić information content (AvgIpc) is 3.14. The molecule has 1 spiro atoms. The Morgan fingerprint density at radius 3 is 2.53 bits per heavy atom. The van der Waals surface area contributed by atoms with Gasteiger partial charge in [-0.1, -0.05) is 18.2 Å². The lowest BCUT2D eigenvalue weighted by molar-refractivity contribution is -0.0764. The van der Waals surface area contributed by atoms with E-state index in [0.717, 1.165) is 56.9 Å². The van der Waals surface area contributed by atoms with Gasteiger partial charge in [0.15, 0.2) is 11.6 Å². The molecule has 4 nitrogen and oxygen atoms in total. The molecule has 1 atom stereocenters. The maximum Gasteiger partial charge on any atom is 0.254 e. The number of carbonyl (C=O) groups is 1. The molecule has 4 rings (SSSR count). The molecule has 0 aromatic heterocycles. The van der Waals surface area contributed by atoms with Gasteiger partial charge in [-0.05, 0) is 55.5 Å². The van der Waals surface area contributed by atoms with Crippen molar-refractivity contribution in [1.29, 1.82) is 0 Å². The first kappa shape index (κ1) is 20.9. The highest BCUT2D eigenvalue weighted by Gasteiger charge is 2.42. The van der Waals surface area contributed by atoms with Crippen molar-refractivity contribution in [3.63, 3.8) is 0 Å². The molecule has 0 unspecified atom stereocenters. The van der Waals surface area contributed by atoms with Gasteiger partial charge in [-0.3, -0.25) is 9.69 Å². The summed E-state index contributed by atoms with van der Waals surface area (Å²) >= 11 is 0. The number of hydrogen-bond acceptors (Lipinski definition) is 3. The van der Waals surface area contributed by atoms with Crippen molar-refractivity contribution < 1.29 is 22.7 Å². The molecule has 1 N–H and O–H groups in total. The number of nitrogens with one attached hydrogen (secondary N) is 1. The molecule has 160 valence electrons. The van der Waals surface area contributed by atoms with Crippen LogP contribution >= 0.6 is 0 Å². The standard InChI is InChI=1S/C23H25F3N2O2/c24-17-6-4-16(5-7-17)15-28-12-10-23(11-13-28)9-8-18(30-23)14-27-22(29)19-2-1-3-20(25)21(19)26/h1-7,18H,8-15H2,(H,27,29)/t18-/m0/s1. The van der Waals surface area contributed by atoms with Gasteiger partial charge in [0, 0.05) is 26.2 Å². The molecule has 0 saturated carbocycles. The van der Waals surface area contributed by atoms with Crippen LogP contribution in [0.2, 0.25) is 0 Å². The molecule has 0 aliphatic carbocycles. The highest BCUT2D eigenvalue weighted by Crippen LogP contribution is 2.39. The summed E-state index contributed by atoms with van der Waals surface area (Å²) in [5.74, 6) is -3.03. The number of benzene rings is 2. The van der Waals surface area contributed by atoms with E-state index in [0.29, 0.717) is 0 Å². The lowest BCUT2D eigenvalue weighted by Crippen LogP contribution is -2.44. The second-order valence-corrected chi connectivity index (χ2v) is 8.18. The largest absolute Gasteiger partial charge is 0.370 e. The van der Waals surface area contributed by atoms with Gasteiger partial charge < -0.3 is 10.1 Å². The smallest absolute Gasteiger partial charge is 0.254 e. The summed E-state index contributed by atoms with van der Waals surface area (Å²) in [6.45, 7) is 2.85. The second kappa shape index (κ2) is 8.78. The molecular formula is C23H25F3N2O2. The number of carbonyl (C=O) groups excluding carboxylic acids is 1. The first-order valence-electron chi connectivity index (χ1n) is 10.3. The zero-order valence-corrected chi connectivity index (χ0v) is 16.7. The van der Waals surface area contributed by atoms with E-state index in [1.807, 2.05) is 12.1 Å². The first-order valence-corrected chi connectivity index (χ1v) is 10.3. The normalized spacial score (nSPS) is 21.1. The Balaban J connectivity index is 1.25. The number of likely N-dealkylation sites (tertiary alicyclic amines) is 1. The summed E-state index contributed by atoms with van der Waals surface area (Å²) in [5, 5.41) is 2.67. The second-order valence-electron chi connectivity index (χ2n) is 8.18. The van der Waals surface area contributed by atoms with Gasteiger partial charge >= 0.3 is 0 Å². The van der Waals surface area contributed by atoms with Crippen LogP contribution in [0.1, 0.15) is 41.6 Å². The van der Waals surface area contributed by atoms with Gasteiger partial charge in [-0.2, -0.15) is 0 Å². The minimum atomic E-state index is -1.13. The summed E-state index contributed by atoms with van der Waals surface area (Å²) in [5.41, 5.74) is 0.611. The van der Waals surface area contributed by atoms with Crippen molar-refractivity contribution in [3.05, 3.63) is 71.0 Å². The number of piperidine rings is 1. The summed E-state index contributed by atoms with van der Waals surface area (Å²) in [4.78, 5) is 14.5. The Bertz CT molecular complexity index is 896. The van der Waals surface area contributed by atoms with Gasteiger partial charge in [0.25, 0.3) is 5.91 Å². The first-order chi connectivity index (χ1) is 14.4. The number of rotatable bonds is 5. The molecule has 2 aliphatic heterocycles. The van der Waals surface area contributed by atoms with Gasteiger partial charge in [0.05, 0.1) is 17.3 Å². The fourth-order valence-corrected chi connectivity index (χ4v) is 4.35. The molecule has 0 bridgehead atoms. The molecule has 1 amide bonds. The highest BCUT2D eigenvalue weighted by molar-refractivity contribution is 5.94. The van der Waals surface area contributed by atoms with Gasteiger partial charge in [-0.25, -0.2) is 13.2 Å². The van der Waals surface area contributed by atoms with Crippen LogP contribution in [0.5, 0.6) is 0 Å². The quantitative estimate of drug-likeness (QED) is 0.797. The minimum Gasteiger partial charge on any atom is -0.370 e. The van der Waals surface area contributed by atoms with E-state index >= 15 is 0 Å². The molecule has 2 heterocycles. The van der Waals surface area contributed by atoms with E-state index in [-0.39, 0.29) is 29.6 Å². The molecule has 30 heavy (non-hydrogen) atoms. The van der Waals surface area contributed by atoms with Crippen LogP contribution in [-0.2, 0) is 11.3 Å². The molecule has 2 saturated heterocycles. The van der Waals surface area contributed by atoms with Gasteiger partial charge in [0.2, 0.25) is 0 Å². The van der Waals surface area contributed by atoms with Crippen LogP contribution in [0.4, 0.5) is 13.2 Å². The van der Waals surface area contributed by atoms with Gasteiger partial charge in [-0.15, -0.1) is 0 Å². The van der Waals surface area contributed by atoms with Crippen LogP contribution in [0.3, 0.4) is 0 Å². The third-order valence-electron chi connectivity index (χ3n) is 6.11. The van der Waals surface area contributed by atoms with E-state index in [1.54, 1.807) is 0 Å². The monoisotopic (exact) mass is 418 g/mol. The minimum absolute atomic E-state index is 0.130. The van der Waals surface area contributed by atoms with Gasteiger partial charge in [0.1, 0.15) is 5.82 Å². The number of ether oxygens (including phenoxy) is 1. The third-order valence-corrected chi connectivity index (χ3v) is 6.11. The number of halogens is 3. The van der Waals surface area contributed by atoms with Crippen molar-refractivity contribution in [1.82, 2.24) is 10.2 Å². The SMILES string of the molecule is O=C(NC[C@@H]1CCC2(CCN(Cc3ccc(F)cc3)CC2)O1)c1cccc(F)c1F.